The van der Waals surface area contributed by atoms with Crippen LogP contribution < -0.4 is 10.2 Å². The van der Waals surface area contributed by atoms with Gasteiger partial charge in [0.15, 0.2) is 5.82 Å². The molecule has 0 spiro atoms. The van der Waals surface area contributed by atoms with Crippen LogP contribution in [0.2, 0.25) is 0 Å². The second kappa shape index (κ2) is 7.70. The zero-order valence-corrected chi connectivity index (χ0v) is 15.6. The normalized spacial score (nSPS) is 16.0. The Balaban J connectivity index is 1.52. The van der Waals surface area contributed by atoms with Gasteiger partial charge in [-0.1, -0.05) is 0 Å². The summed E-state index contributed by atoms with van der Waals surface area (Å²) in [6.45, 7) is 1.83. The number of rotatable bonds is 5. The van der Waals surface area contributed by atoms with Gasteiger partial charge in [0.05, 0.1) is 25.0 Å². The molecule has 1 fully saturated rings. The predicted molar refractivity (Wildman–Crippen MR) is 103 cm³/mol. The molecule has 1 atom stereocenters. The predicted octanol–water partition coefficient (Wildman–Crippen LogP) is 2.53. The third-order valence-corrected chi connectivity index (χ3v) is 4.54. The van der Waals surface area contributed by atoms with Crippen LogP contribution >= 0.6 is 0 Å². The number of anilines is 1. The van der Waals surface area contributed by atoms with Gasteiger partial charge in [-0.2, -0.15) is 5.10 Å². The summed E-state index contributed by atoms with van der Waals surface area (Å²) in [7, 11) is 0. The highest BCUT2D eigenvalue weighted by molar-refractivity contribution is 5.90. The molecule has 1 saturated heterocycles. The van der Waals surface area contributed by atoms with Crippen molar-refractivity contribution in [3.8, 4) is 16.8 Å². The summed E-state index contributed by atoms with van der Waals surface area (Å²) in [5.74, 6) is -0.731. The summed E-state index contributed by atoms with van der Waals surface area (Å²) < 4.78 is 21.4. The SMILES string of the molecule is CC(=O)NCC1CN(c2ccc(-n3cc(-c4ccncc4)cn3)c(F)c2)C(=O)O1. The van der Waals surface area contributed by atoms with E-state index >= 15 is 0 Å². The minimum Gasteiger partial charge on any atom is -0.442 e. The van der Waals surface area contributed by atoms with Crippen molar-refractivity contribution in [2.75, 3.05) is 18.0 Å². The van der Waals surface area contributed by atoms with Crippen LogP contribution in [0.25, 0.3) is 16.8 Å². The highest BCUT2D eigenvalue weighted by atomic mass is 19.1. The molecule has 0 bridgehead atoms. The number of hydrogen-bond donors (Lipinski definition) is 1. The summed E-state index contributed by atoms with van der Waals surface area (Å²) in [6, 6.07) is 8.15. The average Bonchev–Trinajstić information content (AvgIpc) is 3.34. The molecule has 1 aliphatic rings. The lowest BCUT2D eigenvalue weighted by Gasteiger charge is -2.14. The highest BCUT2D eigenvalue weighted by Gasteiger charge is 2.32. The summed E-state index contributed by atoms with van der Waals surface area (Å²) in [6.07, 6.45) is 5.66. The van der Waals surface area contributed by atoms with E-state index < -0.39 is 18.0 Å². The average molecular weight is 395 g/mol. The molecule has 4 rings (SSSR count). The Hall–Kier alpha value is -3.75. The van der Waals surface area contributed by atoms with Gasteiger partial charge in [-0.05, 0) is 35.9 Å². The molecule has 148 valence electrons. The number of nitrogens with one attached hydrogen (secondary N) is 1. The van der Waals surface area contributed by atoms with Gasteiger partial charge < -0.3 is 10.1 Å². The maximum atomic E-state index is 14.8. The van der Waals surface area contributed by atoms with Crippen molar-refractivity contribution in [2.24, 2.45) is 0 Å². The van der Waals surface area contributed by atoms with Gasteiger partial charge in [-0.15, -0.1) is 0 Å². The lowest BCUT2D eigenvalue weighted by molar-refractivity contribution is -0.119. The monoisotopic (exact) mass is 395 g/mol. The molecule has 0 aliphatic carbocycles. The Kier molecular flexibility index (Phi) is 4.94. The fraction of sp³-hybridized carbons (Fsp3) is 0.200. The number of cyclic esters (lactones) is 1. The van der Waals surface area contributed by atoms with E-state index in [2.05, 4.69) is 15.4 Å². The number of aromatic nitrogens is 3. The number of carbonyl (C=O) groups is 2. The summed E-state index contributed by atoms with van der Waals surface area (Å²) in [5, 5.41) is 6.83. The maximum Gasteiger partial charge on any atom is 0.414 e. The molecular formula is C20H18FN5O3. The van der Waals surface area contributed by atoms with E-state index in [0.29, 0.717) is 5.69 Å². The first-order chi connectivity index (χ1) is 14.0. The fourth-order valence-electron chi connectivity index (χ4n) is 3.09. The Morgan fingerprint density at radius 2 is 2.07 bits per heavy atom. The number of nitrogens with zero attached hydrogens (tertiary/aromatic N) is 4. The Morgan fingerprint density at radius 3 is 2.79 bits per heavy atom. The van der Waals surface area contributed by atoms with Crippen molar-refractivity contribution in [3.63, 3.8) is 0 Å². The standard InChI is InChI=1S/C20H18FN5O3/c1-13(27)23-10-17-12-25(20(28)29-17)16-2-3-19(18(21)8-16)26-11-15(9-24-26)14-4-6-22-7-5-14/h2-9,11,17H,10,12H2,1H3,(H,23,27). The topological polar surface area (TPSA) is 89.4 Å². The molecule has 2 amide bonds. The van der Waals surface area contributed by atoms with Crippen LogP contribution in [0.5, 0.6) is 0 Å². The maximum absolute atomic E-state index is 14.8. The van der Waals surface area contributed by atoms with Gasteiger partial charge in [-0.3, -0.25) is 14.7 Å². The van der Waals surface area contributed by atoms with Crippen LogP contribution in [0.3, 0.4) is 0 Å². The second-order valence-electron chi connectivity index (χ2n) is 6.60. The molecule has 0 saturated carbocycles. The first-order valence-corrected chi connectivity index (χ1v) is 8.99. The fourth-order valence-corrected chi connectivity index (χ4v) is 3.09. The van der Waals surface area contributed by atoms with Crippen LogP contribution in [-0.2, 0) is 9.53 Å². The van der Waals surface area contributed by atoms with Crippen molar-refractivity contribution < 1.29 is 18.7 Å². The molecule has 1 aliphatic heterocycles. The third-order valence-electron chi connectivity index (χ3n) is 4.54. The number of benzene rings is 1. The Morgan fingerprint density at radius 1 is 1.28 bits per heavy atom. The largest absolute Gasteiger partial charge is 0.442 e. The van der Waals surface area contributed by atoms with Crippen molar-refractivity contribution in [3.05, 3.63) is 60.9 Å². The smallest absolute Gasteiger partial charge is 0.414 e. The first kappa shape index (κ1) is 18.6. The van der Waals surface area contributed by atoms with Gasteiger partial charge in [0.1, 0.15) is 11.8 Å². The van der Waals surface area contributed by atoms with E-state index in [1.807, 2.05) is 12.1 Å². The van der Waals surface area contributed by atoms with Gasteiger partial charge in [0, 0.05) is 31.1 Å². The molecule has 1 aromatic carbocycles. The van der Waals surface area contributed by atoms with Crippen LogP contribution in [0.4, 0.5) is 14.9 Å². The summed E-state index contributed by atoms with van der Waals surface area (Å²) in [4.78, 5) is 28.4. The molecule has 2 aromatic heterocycles. The van der Waals surface area contributed by atoms with Crippen LogP contribution in [0, 0.1) is 5.82 Å². The van der Waals surface area contributed by atoms with Gasteiger partial charge >= 0.3 is 6.09 Å². The van der Waals surface area contributed by atoms with E-state index in [9.17, 15) is 14.0 Å². The number of halogens is 1. The summed E-state index contributed by atoms with van der Waals surface area (Å²) >= 11 is 0. The number of hydrogen-bond acceptors (Lipinski definition) is 5. The van der Waals surface area contributed by atoms with Gasteiger partial charge in [-0.25, -0.2) is 13.9 Å². The van der Waals surface area contributed by atoms with Gasteiger partial charge in [0.25, 0.3) is 0 Å². The summed E-state index contributed by atoms with van der Waals surface area (Å²) in [5.41, 5.74) is 2.40. The number of pyridine rings is 1. The molecule has 1 N–H and O–H groups in total. The number of carbonyl (C=O) groups excluding carboxylic acids is 2. The van der Waals surface area contributed by atoms with E-state index in [1.165, 1.54) is 22.6 Å². The van der Waals surface area contributed by atoms with Crippen molar-refractivity contribution in [1.82, 2.24) is 20.1 Å². The van der Waals surface area contributed by atoms with Crippen molar-refractivity contribution in [1.29, 1.82) is 0 Å². The molecule has 3 heterocycles. The Bertz CT molecular complexity index is 1050. The number of amides is 2. The van der Waals surface area contributed by atoms with Crippen LogP contribution in [-0.4, -0.2) is 46.0 Å². The Labute approximate surface area is 165 Å². The second-order valence-corrected chi connectivity index (χ2v) is 6.60. The van der Waals surface area contributed by atoms with Gasteiger partial charge in [0.2, 0.25) is 5.91 Å². The van der Waals surface area contributed by atoms with Crippen molar-refractivity contribution >= 4 is 17.7 Å². The minimum atomic E-state index is -0.577. The highest BCUT2D eigenvalue weighted by Crippen LogP contribution is 2.26. The molecule has 1 unspecified atom stereocenters. The quantitative estimate of drug-likeness (QED) is 0.717. The molecule has 0 radical (unpaired) electrons. The van der Waals surface area contributed by atoms with Crippen LogP contribution in [0.15, 0.2) is 55.1 Å². The first-order valence-electron chi connectivity index (χ1n) is 8.99. The van der Waals surface area contributed by atoms with Crippen LogP contribution in [0.1, 0.15) is 6.92 Å². The molecule has 3 aromatic rings. The van der Waals surface area contributed by atoms with Crippen molar-refractivity contribution in [2.45, 2.75) is 13.0 Å². The number of ether oxygens (including phenoxy) is 1. The van der Waals surface area contributed by atoms with E-state index in [-0.39, 0.29) is 24.7 Å². The zero-order chi connectivity index (χ0) is 20.4. The molecule has 8 nitrogen and oxygen atoms in total. The lowest BCUT2D eigenvalue weighted by atomic mass is 10.1. The molecule has 9 heteroatoms. The van der Waals surface area contributed by atoms with E-state index in [4.69, 9.17) is 4.74 Å². The molecule has 29 heavy (non-hydrogen) atoms. The van der Waals surface area contributed by atoms with E-state index in [0.717, 1.165) is 11.1 Å². The minimum absolute atomic E-state index is 0.208. The lowest BCUT2D eigenvalue weighted by Crippen LogP contribution is -2.33. The molecular weight excluding hydrogens is 377 g/mol. The third kappa shape index (κ3) is 3.93. The van der Waals surface area contributed by atoms with E-state index in [1.54, 1.807) is 36.9 Å². The zero-order valence-electron chi connectivity index (χ0n) is 15.6.